The molecule has 1 saturated heterocycles. The lowest BCUT2D eigenvalue weighted by Crippen LogP contribution is -2.49. The Kier molecular flexibility index (Phi) is 5.24. The highest BCUT2D eigenvalue weighted by Crippen LogP contribution is 2.53. The van der Waals surface area contributed by atoms with Crippen LogP contribution in [0.2, 0.25) is 0 Å². The molecule has 0 amide bonds. The van der Waals surface area contributed by atoms with Crippen LogP contribution >= 0.6 is 0 Å². The van der Waals surface area contributed by atoms with Crippen LogP contribution in [0.15, 0.2) is 36.1 Å². The summed E-state index contributed by atoms with van der Waals surface area (Å²) in [4.78, 5) is 24.8. The number of nitrogens with zero attached hydrogens (tertiary/aromatic N) is 3. The number of aliphatic hydroxyl groups is 1. The molecule has 7 heteroatoms. The van der Waals surface area contributed by atoms with Gasteiger partial charge in [-0.3, -0.25) is 4.79 Å². The molecule has 3 aliphatic rings. The number of morpholine rings is 1. The molecule has 3 atom stereocenters. The minimum Gasteiger partial charge on any atom is -0.515 e. The Morgan fingerprint density at radius 2 is 2.00 bits per heavy atom. The van der Waals surface area contributed by atoms with E-state index < -0.39 is 5.41 Å². The van der Waals surface area contributed by atoms with Crippen LogP contribution in [-0.2, 0) is 21.4 Å². The number of halogens is 1. The summed E-state index contributed by atoms with van der Waals surface area (Å²) >= 11 is 0. The number of carbonyl (C=O) groups is 1. The van der Waals surface area contributed by atoms with E-state index in [2.05, 4.69) is 11.8 Å². The molecule has 5 rings (SSSR count). The number of carbonyl (C=O) groups excluding carboxylic acids is 1. The molecule has 0 bridgehead atoms. The fourth-order valence-corrected chi connectivity index (χ4v) is 5.84. The maximum Gasteiger partial charge on any atom is 0.226 e. The molecule has 2 aliphatic carbocycles. The second-order valence-electron chi connectivity index (χ2n) is 9.33. The molecule has 1 aliphatic heterocycles. The minimum absolute atomic E-state index is 0.00945. The summed E-state index contributed by atoms with van der Waals surface area (Å²) in [7, 11) is 0. The Balaban J connectivity index is 1.73. The van der Waals surface area contributed by atoms with E-state index in [0.29, 0.717) is 61.9 Å². The predicted molar refractivity (Wildman–Crippen MR) is 119 cm³/mol. The first kappa shape index (κ1) is 21.1. The van der Waals surface area contributed by atoms with E-state index >= 15 is 0 Å². The van der Waals surface area contributed by atoms with Gasteiger partial charge in [0.2, 0.25) is 5.95 Å². The van der Waals surface area contributed by atoms with Gasteiger partial charge in [0, 0.05) is 41.1 Å². The zero-order chi connectivity index (χ0) is 22.5. The van der Waals surface area contributed by atoms with E-state index in [-0.39, 0.29) is 23.4 Å². The first-order chi connectivity index (χ1) is 15.4. The summed E-state index contributed by atoms with van der Waals surface area (Å²) in [5.41, 5.74) is 2.92. The summed E-state index contributed by atoms with van der Waals surface area (Å²) in [5.74, 6) is 0.171. The number of aromatic nitrogens is 2. The van der Waals surface area contributed by atoms with Gasteiger partial charge in [0.25, 0.3) is 0 Å². The van der Waals surface area contributed by atoms with Crippen LogP contribution in [0.3, 0.4) is 0 Å². The Hall–Kier alpha value is -2.80. The van der Waals surface area contributed by atoms with Crippen molar-refractivity contribution in [3.05, 3.63) is 53.2 Å². The van der Waals surface area contributed by atoms with Gasteiger partial charge < -0.3 is 14.7 Å². The summed E-state index contributed by atoms with van der Waals surface area (Å²) in [5, 5.41) is 9.77. The number of Topliss-reactive ketones (excluding diaryl/α,β-unsaturated/α-hetero) is 1. The van der Waals surface area contributed by atoms with Crippen LogP contribution < -0.4 is 4.90 Å². The first-order valence-electron chi connectivity index (χ1n) is 11.3. The molecular weight excluding hydrogens is 409 g/mol. The van der Waals surface area contributed by atoms with Crippen molar-refractivity contribution in [1.82, 2.24) is 9.97 Å². The number of ether oxygens (including phenoxy) is 1. The van der Waals surface area contributed by atoms with Crippen LogP contribution in [0.1, 0.15) is 37.9 Å². The van der Waals surface area contributed by atoms with Gasteiger partial charge in [-0.1, -0.05) is 26.0 Å². The molecule has 168 valence electrons. The molecule has 6 nitrogen and oxygen atoms in total. The average Bonchev–Trinajstić information content (AvgIpc) is 2.82. The molecule has 0 radical (unpaired) electrons. The molecule has 2 heterocycles. The van der Waals surface area contributed by atoms with E-state index in [1.54, 1.807) is 12.1 Å². The Morgan fingerprint density at radius 1 is 1.25 bits per heavy atom. The zero-order valence-electron chi connectivity index (χ0n) is 18.5. The van der Waals surface area contributed by atoms with Crippen molar-refractivity contribution < 1.29 is 19.0 Å². The summed E-state index contributed by atoms with van der Waals surface area (Å²) in [6.07, 6.45) is 2.87. The number of rotatable bonds is 2. The van der Waals surface area contributed by atoms with Crippen molar-refractivity contribution in [2.75, 3.05) is 31.2 Å². The SMILES string of the molecule is C[C@H]1C(=O)/C(=C\O)C[C@@]2(C)c3nc(N4CCOCC4)nc(-c4ccccc4F)c3CC[C@H]12. The van der Waals surface area contributed by atoms with Crippen LogP contribution in [0.25, 0.3) is 11.3 Å². The number of allylic oxidation sites excluding steroid dienone is 1. The van der Waals surface area contributed by atoms with Gasteiger partial charge in [0.1, 0.15) is 5.82 Å². The number of ketones is 1. The first-order valence-corrected chi connectivity index (χ1v) is 11.3. The van der Waals surface area contributed by atoms with E-state index in [1.165, 1.54) is 6.07 Å². The molecule has 1 aromatic heterocycles. The van der Waals surface area contributed by atoms with Crippen molar-refractivity contribution in [3.63, 3.8) is 0 Å². The van der Waals surface area contributed by atoms with Gasteiger partial charge >= 0.3 is 0 Å². The van der Waals surface area contributed by atoms with Gasteiger partial charge in [-0.15, -0.1) is 0 Å². The smallest absolute Gasteiger partial charge is 0.226 e. The number of hydrogen-bond donors (Lipinski definition) is 1. The van der Waals surface area contributed by atoms with Gasteiger partial charge in [-0.25, -0.2) is 14.4 Å². The van der Waals surface area contributed by atoms with Crippen molar-refractivity contribution >= 4 is 11.7 Å². The lowest BCUT2D eigenvalue weighted by Gasteiger charge is -2.48. The molecule has 2 aromatic rings. The number of benzene rings is 1. The van der Waals surface area contributed by atoms with Gasteiger partial charge in [-0.05, 0) is 37.3 Å². The summed E-state index contributed by atoms with van der Waals surface area (Å²) in [6.45, 7) is 6.61. The Labute approximate surface area is 187 Å². The van der Waals surface area contributed by atoms with Crippen LogP contribution in [0.5, 0.6) is 0 Å². The number of hydrogen-bond acceptors (Lipinski definition) is 6. The summed E-state index contributed by atoms with van der Waals surface area (Å²) < 4.78 is 20.4. The highest BCUT2D eigenvalue weighted by Gasteiger charge is 2.51. The predicted octanol–water partition coefficient (Wildman–Crippen LogP) is 3.99. The van der Waals surface area contributed by atoms with Crippen molar-refractivity contribution in [3.8, 4) is 11.3 Å². The largest absolute Gasteiger partial charge is 0.515 e. The number of anilines is 1. The average molecular weight is 438 g/mol. The molecular formula is C25H28FN3O3. The third-order valence-electron chi connectivity index (χ3n) is 7.53. The molecule has 32 heavy (non-hydrogen) atoms. The van der Waals surface area contributed by atoms with Crippen molar-refractivity contribution in [2.24, 2.45) is 11.8 Å². The van der Waals surface area contributed by atoms with Gasteiger partial charge in [0.15, 0.2) is 5.78 Å². The van der Waals surface area contributed by atoms with E-state index in [9.17, 15) is 14.3 Å². The topological polar surface area (TPSA) is 75.5 Å². The van der Waals surface area contributed by atoms with Crippen molar-refractivity contribution in [2.45, 2.75) is 38.5 Å². The van der Waals surface area contributed by atoms with E-state index in [1.807, 2.05) is 13.0 Å². The normalized spacial score (nSPS) is 29.0. The second-order valence-corrected chi connectivity index (χ2v) is 9.33. The zero-order valence-corrected chi connectivity index (χ0v) is 18.5. The standard InChI is InChI=1S/C25H28FN3O3/c1-15-19-8-7-18-21(17-5-3-4-6-20(17)26)27-24(29-9-11-32-12-10-29)28-23(18)25(19,2)13-16(14-30)22(15)31/h3-6,14-15,19,30H,7-13H2,1-2H3/b16-14-/t15-,19-,25-/m1/s1. The fourth-order valence-electron chi connectivity index (χ4n) is 5.84. The quantitative estimate of drug-likeness (QED) is 0.566. The van der Waals surface area contributed by atoms with Crippen LogP contribution in [0, 0.1) is 17.7 Å². The van der Waals surface area contributed by atoms with Crippen molar-refractivity contribution in [1.29, 1.82) is 0 Å². The maximum atomic E-state index is 14.9. The van der Waals surface area contributed by atoms with E-state index in [0.717, 1.165) is 23.9 Å². The number of aliphatic hydroxyl groups excluding tert-OH is 1. The Morgan fingerprint density at radius 3 is 2.72 bits per heavy atom. The molecule has 1 aromatic carbocycles. The van der Waals surface area contributed by atoms with Gasteiger partial charge in [-0.2, -0.15) is 0 Å². The second kappa shape index (κ2) is 7.96. The molecule has 2 fully saturated rings. The maximum absolute atomic E-state index is 14.9. The Bertz CT molecular complexity index is 1100. The minimum atomic E-state index is -0.445. The lowest BCUT2D eigenvalue weighted by atomic mass is 9.55. The molecule has 0 unspecified atom stereocenters. The molecule has 0 spiro atoms. The molecule has 1 N–H and O–H groups in total. The number of fused-ring (bicyclic) bond motifs is 3. The molecule has 1 saturated carbocycles. The fraction of sp³-hybridized carbons (Fsp3) is 0.480. The third kappa shape index (κ3) is 3.22. The van der Waals surface area contributed by atoms with Crippen LogP contribution in [0.4, 0.5) is 10.3 Å². The third-order valence-corrected chi connectivity index (χ3v) is 7.53. The monoisotopic (exact) mass is 437 g/mol. The van der Waals surface area contributed by atoms with Crippen LogP contribution in [-0.4, -0.2) is 47.2 Å². The lowest BCUT2D eigenvalue weighted by molar-refractivity contribution is -0.124. The summed E-state index contributed by atoms with van der Waals surface area (Å²) in [6, 6.07) is 6.73. The highest BCUT2D eigenvalue weighted by atomic mass is 19.1. The highest BCUT2D eigenvalue weighted by molar-refractivity contribution is 5.98. The van der Waals surface area contributed by atoms with E-state index in [4.69, 9.17) is 14.7 Å². The van der Waals surface area contributed by atoms with Gasteiger partial charge in [0.05, 0.1) is 30.9 Å².